The van der Waals surface area contributed by atoms with Crippen LogP contribution in [-0.4, -0.2) is 35.2 Å². The highest BCUT2D eigenvalue weighted by atomic mass is 16.3. The minimum absolute atomic E-state index is 0.0369. The molecule has 1 saturated carbocycles. The van der Waals surface area contributed by atoms with Crippen LogP contribution in [0.2, 0.25) is 0 Å². The summed E-state index contributed by atoms with van der Waals surface area (Å²) >= 11 is 0. The molecule has 0 atom stereocenters. The smallest absolute Gasteiger partial charge is 0.221 e. The molecule has 1 amide bonds. The maximum Gasteiger partial charge on any atom is 0.221 e. The first-order valence-corrected chi connectivity index (χ1v) is 7.43. The number of amides is 1. The lowest BCUT2D eigenvalue weighted by Crippen LogP contribution is -2.53. The van der Waals surface area contributed by atoms with Crippen molar-refractivity contribution in [3.05, 3.63) is 0 Å². The molecule has 1 fully saturated rings. The third-order valence-electron chi connectivity index (χ3n) is 3.95. The van der Waals surface area contributed by atoms with Crippen molar-refractivity contribution in [2.75, 3.05) is 13.2 Å². The minimum atomic E-state index is -0.370. The highest BCUT2D eigenvalue weighted by Crippen LogP contribution is 2.31. The fourth-order valence-electron chi connectivity index (χ4n) is 2.55. The van der Waals surface area contributed by atoms with Gasteiger partial charge in [0.2, 0.25) is 5.91 Å². The molecule has 112 valence electrons. The van der Waals surface area contributed by atoms with Gasteiger partial charge in [-0.05, 0) is 52.4 Å². The SMILES string of the molecule is CC1CCC(CO)(NC(=O)CCNC(C)(C)C)CC1. The highest BCUT2D eigenvalue weighted by Gasteiger charge is 2.34. The molecule has 1 rings (SSSR count). The van der Waals surface area contributed by atoms with Crippen LogP contribution in [0.15, 0.2) is 0 Å². The Labute approximate surface area is 117 Å². The number of carbonyl (C=O) groups is 1. The largest absolute Gasteiger partial charge is 0.394 e. The third kappa shape index (κ3) is 5.91. The van der Waals surface area contributed by atoms with Gasteiger partial charge in [-0.3, -0.25) is 4.79 Å². The molecule has 1 aliphatic carbocycles. The lowest BCUT2D eigenvalue weighted by Gasteiger charge is -2.38. The van der Waals surface area contributed by atoms with Crippen molar-refractivity contribution in [1.29, 1.82) is 0 Å². The van der Waals surface area contributed by atoms with Crippen LogP contribution in [0.5, 0.6) is 0 Å². The van der Waals surface area contributed by atoms with E-state index in [1.807, 2.05) is 0 Å². The molecule has 0 spiro atoms. The normalized spacial score (nSPS) is 28.2. The molecule has 0 aromatic rings. The number of aliphatic hydroxyl groups is 1. The maximum absolute atomic E-state index is 12.0. The van der Waals surface area contributed by atoms with E-state index < -0.39 is 0 Å². The van der Waals surface area contributed by atoms with Gasteiger partial charge < -0.3 is 15.7 Å². The van der Waals surface area contributed by atoms with Crippen LogP contribution in [0.1, 0.15) is 59.8 Å². The summed E-state index contributed by atoms with van der Waals surface area (Å²) < 4.78 is 0. The van der Waals surface area contributed by atoms with Gasteiger partial charge in [-0.15, -0.1) is 0 Å². The van der Waals surface area contributed by atoms with Gasteiger partial charge in [-0.1, -0.05) is 6.92 Å². The first kappa shape index (κ1) is 16.4. The first-order valence-electron chi connectivity index (χ1n) is 7.43. The molecule has 0 aromatic heterocycles. The summed E-state index contributed by atoms with van der Waals surface area (Å²) in [5, 5.41) is 16.0. The van der Waals surface area contributed by atoms with Crippen LogP contribution in [0.4, 0.5) is 0 Å². The minimum Gasteiger partial charge on any atom is -0.394 e. The lowest BCUT2D eigenvalue weighted by molar-refractivity contribution is -0.124. The molecule has 19 heavy (non-hydrogen) atoms. The maximum atomic E-state index is 12.0. The van der Waals surface area contributed by atoms with Gasteiger partial charge in [0.05, 0.1) is 12.1 Å². The van der Waals surface area contributed by atoms with Crippen LogP contribution < -0.4 is 10.6 Å². The molecule has 4 heteroatoms. The average Bonchev–Trinajstić information content (AvgIpc) is 2.31. The van der Waals surface area contributed by atoms with Crippen molar-refractivity contribution in [2.45, 2.75) is 70.9 Å². The summed E-state index contributed by atoms with van der Waals surface area (Å²) in [4.78, 5) is 12.0. The monoisotopic (exact) mass is 270 g/mol. The fraction of sp³-hybridized carbons (Fsp3) is 0.933. The Morgan fingerprint density at radius 2 is 1.89 bits per heavy atom. The van der Waals surface area contributed by atoms with Gasteiger partial charge in [0.1, 0.15) is 0 Å². The van der Waals surface area contributed by atoms with Crippen LogP contribution in [-0.2, 0) is 4.79 Å². The topological polar surface area (TPSA) is 61.4 Å². The van der Waals surface area contributed by atoms with Gasteiger partial charge in [-0.25, -0.2) is 0 Å². The average molecular weight is 270 g/mol. The predicted molar refractivity (Wildman–Crippen MR) is 78.0 cm³/mol. The van der Waals surface area contributed by atoms with E-state index in [-0.39, 0.29) is 23.6 Å². The van der Waals surface area contributed by atoms with E-state index in [4.69, 9.17) is 0 Å². The number of rotatable bonds is 5. The zero-order valence-corrected chi connectivity index (χ0v) is 12.9. The molecular formula is C15H30N2O2. The van der Waals surface area contributed by atoms with Crippen LogP contribution >= 0.6 is 0 Å². The van der Waals surface area contributed by atoms with Crippen molar-refractivity contribution in [3.63, 3.8) is 0 Å². The van der Waals surface area contributed by atoms with Crippen LogP contribution in [0, 0.1) is 5.92 Å². The van der Waals surface area contributed by atoms with E-state index in [9.17, 15) is 9.90 Å². The summed E-state index contributed by atoms with van der Waals surface area (Å²) in [5.74, 6) is 0.750. The Hall–Kier alpha value is -0.610. The standard InChI is InChI=1S/C15H30N2O2/c1-12-5-8-15(11-18,9-6-12)17-13(19)7-10-16-14(2,3)4/h12,16,18H,5-11H2,1-4H3,(H,17,19). The molecule has 0 radical (unpaired) electrons. The lowest BCUT2D eigenvalue weighted by atomic mass is 9.77. The van der Waals surface area contributed by atoms with E-state index in [2.05, 4.69) is 38.3 Å². The molecule has 4 nitrogen and oxygen atoms in total. The fourth-order valence-corrected chi connectivity index (χ4v) is 2.55. The quantitative estimate of drug-likeness (QED) is 0.714. The Bertz CT molecular complexity index is 289. The van der Waals surface area contributed by atoms with Gasteiger partial charge in [0.15, 0.2) is 0 Å². The third-order valence-corrected chi connectivity index (χ3v) is 3.95. The Morgan fingerprint density at radius 3 is 2.37 bits per heavy atom. The second-order valence-corrected chi connectivity index (χ2v) is 7.10. The van der Waals surface area contributed by atoms with E-state index in [1.54, 1.807) is 0 Å². The van der Waals surface area contributed by atoms with Crippen molar-refractivity contribution in [3.8, 4) is 0 Å². The van der Waals surface area contributed by atoms with Crippen LogP contribution in [0.25, 0.3) is 0 Å². The van der Waals surface area contributed by atoms with E-state index in [0.29, 0.717) is 18.9 Å². The van der Waals surface area contributed by atoms with Crippen molar-refractivity contribution < 1.29 is 9.90 Å². The number of nitrogens with one attached hydrogen (secondary N) is 2. The number of hydrogen-bond donors (Lipinski definition) is 3. The first-order chi connectivity index (χ1) is 8.76. The molecular weight excluding hydrogens is 240 g/mol. The van der Waals surface area contributed by atoms with Gasteiger partial charge in [0.25, 0.3) is 0 Å². The van der Waals surface area contributed by atoms with Crippen LogP contribution in [0.3, 0.4) is 0 Å². The molecule has 0 heterocycles. The van der Waals surface area contributed by atoms with Crippen molar-refractivity contribution in [1.82, 2.24) is 10.6 Å². The predicted octanol–water partition coefficient (Wildman–Crippen LogP) is 1.82. The van der Waals surface area contributed by atoms with Gasteiger partial charge in [0, 0.05) is 18.5 Å². The molecule has 0 aliphatic heterocycles. The van der Waals surface area contributed by atoms with Gasteiger partial charge in [-0.2, -0.15) is 0 Å². The summed E-state index contributed by atoms with van der Waals surface area (Å²) in [6.07, 6.45) is 4.42. The zero-order valence-electron chi connectivity index (χ0n) is 12.9. The highest BCUT2D eigenvalue weighted by molar-refractivity contribution is 5.77. The molecule has 1 aliphatic rings. The van der Waals surface area contributed by atoms with Gasteiger partial charge >= 0.3 is 0 Å². The molecule has 0 unspecified atom stereocenters. The zero-order chi connectivity index (χ0) is 14.5. The molecule has 0 aromatic carbocycles. The summed E-state index contributed by atoms with van der Waals surface area (Å²) in [7, 11) is 0. The van der Waals surface area contributed by atoms with E-state index in [1.165, 1.54) is 0 Å². The Morgan fingerprint density at radius 1 is 1.32 bits per heavy atom. The Balaban J connectivity index is 2.37. The van der Waals surface area contributed by atoms with E-state index in [0.717, 1.165) is 25.7 Å². The number of aliphatic hydroxyl groups excluding tert-OH is 1. The summed E-state index contributed by atoms with van der Waals surface area (Å²) in [6.45, 7) is 9.22. The number of carbonyl (C=O) groups excluding carboxylic acids is 1. The second kappa shape index (κ2) is 6.71. The number of hydrogen-bond acceptors (Lipinski definition) is 3. The summed E-state index contributed by atoms with van der Waals surface area (Å²) in [6, 6.07) is 0. The Kier molecular flexibility index (Phi) is 5.81. The van der Waals surface area contributed by atoms with Crippen molar-refractivity contribution in [2.24, 2.45) is 5.92 Å². The van der Waals surface area contributed by atoms with E-state index >= 15 is 0 Å². The van der Waals surface area contributed by atoms with Crippen molar-refractivity contribution >= 4 is 5.91 Å². The molecule has 0 bridgehead atoms. The molecule has 3 N–H and O–H groups in total. The summed E-state index contributed by atoms with van der Waals surface area (Å²) in [5.41, 5.74) is -0.333. The molecule has 0 saturated heterocycles. The second-order valence-electron chi connectivity index (χ2n) is 7.10.